The molecule has 0 aromatic carbocycles. The molecule has 0 radical (unpaired) electrons. The Morgan fingerprint density at radius 1 is 0.615 bits per heavy atom. The maximum Gasteiger partial charge on any atom is 0.322 e. The normalized spacial score (nSPS) is 11.4. The Balaban J connectivity index is 3.45. The minimum absolute atomic E-state index is 0.272. The molecule has 26 heavy (non-hydrogen) atoms. The summed E-state index contributed by atoms with van der Waals surface area (Å²) in [5.74, 6) is -1.01. The van der Waals surface area contributed by atoms with E-state index in [9.17, 15) is 9.59 Å². The minimum Gasteiger partial charge on any atom is -0.465 e. The molecule has 0 heterocycles. The summed E-state index contributed by atoms with van der Waals surface area (Å²) in [6, 6.07) is 0. The number of unbranched alkanes of at least 4 members (excludes halogenated alkanes) is 12. The highest BCUT2D eigenvalue weighted by atomic mass is 16.6. The van der Waals surface area contributed by atoms with Crippen molar-refractivity contribution >= 4 is 11.9 Å². The summed E-state index contributed by atoms with van der Waals surface area (Å²) in [7, 11) is 0. The number of carbonyl (C=O) groups excluding carboxylic acids is 2. The zero-order chi connectivity index (χ0) is 19.7. The van der Waals surface area contributed by atoms with Gasteiger partial charge in [0.15, 0.2) is 5.41 Å². The number of carbonyl (C=O) groups is 2. The molecular weight excluding hydrogens is 328 g/mol. The summed E-state index contributed by atoms with van der Waals surface area (Å²) in [5, 5.41) is 0. The zero-order valence-corrected chi connectivity index (χ0v) is 17.7. The molecule has 0 saturated carbocycles. The monoisotopic (exact) mass is 370 g/mol. The maximum atomic E-state index is 12.0. The molecule has 0 atom stereocenters. The molecule has 4 heteroatoms. The van der Waals surface area contributed by atoms with E-state index in [-0.39, 0.29) is 6.61 Å². The Kier molecular flexibility index (Phi) is 15.5. The van der Waals surface area contributed by atoms with Crippen molar-refractivity contribution in [1.29, 1.82) is 0 Å². The maximum absolute atomic E-state index is 12.0. The van der Waals surface area contributed by atoms with Crippen molar-refractivity contribution in [3.8, 4) is 0 Å². The third kappa shape index (κ3) is 12.3. The summed E-state index contributed by atoms with van der Waals surface area (Å²) < 4.78 is 10.1. The molecule has 0 aliphatic rings. The average Bonchev–Trinajstić information content (AvgIpc) is 2.61. The molecule has 0 aliphatic heterocycles. The van der Waals surface area contributed by atoms with Crippen molar-refractivity contribution < 1.29 is 19.1 Å². The number of esters is 2. The van der Waals surface area contributed by atoms with Crippen molar-refractivity contribution in [2.75, 3.05) is 13.2 Å². The van der Waals surface area contributed by atoms with Crippen LogP contribution in [0.3, 0.4) is 0 Å². The van der Waals surface area contributed by atoms with Gasteiger partial charge in [0, 0.05) is 0 Å². The highest BCUT2D eigenvalue weighted by molar-refractivity contribution is 5.99. The van der Waals surface area contributed by atoms with E-state index >= 15 is 0 Å². The highest BCUT2D eigenvalue weighted by Gasteiger charge is 2.39. The van der Waals surface area contributed by atoms with Crippen LogP contribution < -0.4 is 0 Å². The van der Waals surface area contributed by atoms with E-state index in [1.807, 2.05) is 0 Å². The molecule has 0 unspecified atom stereocenters. The van der Waals surface area contributed by atoms with E-state index < -0.39 is 17.4 Å². The Morgan fingerprint density at radius 3 is 1.42 bits per heavy atom. The van der Waals surface area contributed by atoms with Gasteiger partial charge in [0.2, 0.25) is 0 Å². The van der Waals surface area contributed by atoms with Gasteiger partial charge in [-0.05, 0) is 27.2 Å². The molecule has 0 N–H and O–H groups in total. The zero-order valence-electron chi connectivity index (χ0n) is 17.7. The number of hydrogen-bond acceptors (Lipinski definition) is 4. The third-order valence-corrected chi connectivity index (χ3v) is 4.78. The van der Waals surface area contributed by atoms with Crippen LogP contribution in [0.1, 0.15) is 111 Å². The van der Waals surface area contributed by atoms with E-state index in [1.165, 1.54) is 70.6 Å². The molecular formula is C22H42O4. The lowest BCUT2D eigenvalue weighted by Crippen LogP contribution is -2.36. The van der Waals surface area contributed by atoms with Gasteiger partial charge in [-0.25, -0.2) is 0 Å². The second-order valence-electron chi connectivity index (χ2n) is 7.72. The Labute approximate surface area is 161 Å². The van der Waals surface area contributed by atoms with Gasteiger partial charge in [-0.1, -0.05) is 84.0 Å². The minimum atomic E-state index is -1.22. The average molecular weight is 371 g/mol. The lowest BCUT2D eigenvalue weighted by atomic mass is 9.94. The standard InChI is InChI=1S/C22H42O4/c1-5-7-8-9-10-11-12-13-14-15-16-17-18-19-26-21(24)22(3,4)20(23)25-6-2/h5-19H2,1-4H3. The first-order valence-corrected chi connectivity index (χ1v) is 10.8. The van der Waals surface area contributed by atoms with Gasteiger partial charge in [0.25, 0.3) is 0 Å². The van der Waals surface area contributed by atoms with Crippen LogP contribution in [0.5, 0.6) is 0 Å². The first-order chi connectivity index (χ1) is 12.5. The van der Waals surface area contributed by atoms with Gasteiger partial charge in [0.1, 0.15) is 0 Å². The third-order valence-electron chi connectivity index (χ3n) is 4.78. The fourth-order valence-electron chi connectivity index (χ4n) is 2.86. The Hall–Kier alpha value is -1.06. The van der Waals surface area contributed by atoms with Gasteiger partial charge in [-0.15, -0.1) is 0 Å². The first kappa shape index (κ1) is 24.9. The fraction of sp³-hybridized carbons (Fsp3) is 0.909. The molecule has 4 nitrogen and oxygen atoms in total. The smallest absolute Gasteiger partial charge is 0.322 e. The quantitative estimate of drug-likeness (QED) is 0.173. The van der Waals surface area contributed by atoms with Crippen LogP contribution in [0.25, 0.3) is 0 Å². The van der Waals surface area contributed by atoms with Crippen LogP contribution in [0.2, 0.25) is 0 Å². The summed E-state index contributed by atoms with van der Waals surface area (Å²) in [6.45, 7) is 7.75. The predicted molar refractivity (Wildman–Crippen MR) is 107 cm³/mol. The summed E-state index contributed by atoms with van der Waals surface area (Å²) in [5.41, 5.74) is -1.22. The molecule has 154 valence electrons. The van der Waals surface area contributed by atoms with E-state index in [4.69, 9.17) is 9.47 Å². The van der Waals surface area contributed by atoms with Gasteiger partial charge in [-0.3, -0.25) is 9.59 Å². The Bertz CT molecular complexity index is 363. The predicted octanol–water partition coefficient (Wildman–Crippen LogP) is 6.21. The van der Waals surface area contributed by atoms with Crippen molar-refractivity contribution in [3.05, 3.63) is 0 Å². The first-order valence-electron chi connectivity index (χ1n) is 10.8. The van der Waals surface area contributed by atoms with Crippen molar-refractivity contribution in [3.63, 3.8) is 0 Å². The van der Waals surface area contributed by atoms with Crippen LogP contribution >= 0.6 is 0 Å². The van der Waals surface area contributed by atoms with Crippen LogP contribution in [-0.2, 0) is 19.1 Å². The van der Waals surface area contributed by atoms with Crippen LogP contribution in [0, 0.1) is 5.41 Å². The van der Waals surface area contributed by atoms with E-state index in [0.717, 1.165) is 12.8 Å². The lowest BCUT2D eigenvalue weighted by Gasteiger charge is -2.20. The lowest BCUT2D eigenvalue weighted by molar-refractivity contribution is -0.169. The summed E-state index contributed by atoms with van der Waals surface area (Å²) >= 11 is 0. The number of hydrogen-bond donors (Lipinski definition) is 0. The topological polar surface area (TPSA) is 52.6 Å². The van der Waals surface area contributed by atoms with Crippen LogP contribution in [-0.4, -0.2) is 25.2 Å². The van der Waals surface area contributed by atoms with Gasteiger partial charge in [0.05, 0.1) is 13.2 Å². The van der Waals surface area contributed by atoms with Crippen LogP contribution in [0.4, 0.5) is 0 Å². The second-order valence-corrected chi connectivity index (χ2v) is 7.72. The number of ether oxygens (including phenoxy) is 2. The second kappa shape index (κ2) is 16.1. The molecule has 0 aromatic rings. The van der Waals surface area contributed by atoms with Crippen molar-refractivity contribution in [2.24, 2.45) is 5.41 Å². The van der Waals surface area contributed by atoms with Crippen molar-refractivity contribution in [2.45, 2.75) is 111 Å². The van der Waals surface area contributed by atoms with Crippen LogP contribution in [0.15, 0.2) is 0 Å². The molecule has 0 fully saturated rings. The van der Waals surface area contributed by atoms with Gasteiger partial charge < -0.3 is 9.47 Å². The number of rotatable bonds is 17. The molecule has 0 spiro atoms. The highest BCUT2D eigenvalue weighted by Crippen LogP contribution is 2.20. The van der Waals surface area contributed by atoms with E-state index in [0.29, 0.717) is 6.61 Å². The van der Waals surface area contributed by atoms with Gasteiger partial charge in [-0.2, -0.15) is 0 Å². The molecule has 0 rings (SSSR count). The molecule has 0 bridgehead atoms. The van der Waals surface area contributed by atoms with Gasteiger partial charge >= 0.3 is 11.9 Å². The summed E-state index contributed by atoms with van der Waals surface area (Å²) in [6.07, 6.45) is 16.7. The fourth-order valence-corrected chi connectivity index (χ4v) is 2.86. The molecule has 0 aliphatic carbocycles. The SMILES string of the molecule is CCCCCCCCCCCCCCCOC(=O)C(C)(C)C(=O)OCC. The Morgan fingerprint density at radius 2 is 1.00 bits per heavy atom. The molecule has 0 saturated heterocycles. The molecule has 0 aromatic heterocycles. The summed E-state index contributed by atoms with van der Waals surface area (Å²) in [4.78, 5) is 23.7. The largest absolute Gasteiger partial charge is 0.465 e. The van der Waals surface area contributed by atoms with E-state index in [2.05, 4.69) is 6.92 Å². The van der Waals surface area contributed by atoms with Crippen molar-refractivity contribution in [1.82, 2.24) is 0 Å². The molecule has 0 amide bonds. The van der Waals surface area contributed by atoms with E-state index in [1.54, 1.807) is 20.8 Å².